The summed E-state index contributed by atoms with van der Waals surface area (Å²) in [6, 6.07) is 1.31. The fraction of sp³-hybridized carbons (Fsp3) is 0.417. The molecule has 2 N–H and O–H groups in total. The van der Waals surface area contributed by atoms with Gasteiger partial charge in [0.2, 0.25) is 10.0 Å². The minimum Gasteiger partial charge on any atom is -0.477 e. The van der Waals surface area contributed by atoms with Gasteiger partial charge in [0.1, 0.15) is 9.09 Å². The van der Waals surface area contributed by atoms with Crippen molar-refractivity contribution in [2.45, 2.75) is 36.4 Å². The fourth-order valence-electron chi connectivity index (χ4n) is 1.98. The molecule has 1 heterocycles. The summed E-state index contributed by atoms with van der Waals surface area (Å²) in [6.07, 6.45) is 6.29. The van der Waals surface area contributed by atoms with Crippen LogP contribution >= 0.6 is 11.3 Å². The molecule has 0 saturated heterocycles. The van der Waals surface area contributed by atoms with Gasteiger partial charge in [-0.05, 0) is 37.8 Å². The van der Waals surface area contributed by atoms with Crippen LogP contribution in [0, 0.1) is 6.92 Å². The SMILES string of the molecule is Cc1cc(S(=O)(=O)NC2CC=CCC2)sc1C(=O)O. The lowest BCUT2D eigenvalue weighted by atomic mass is 10.0. The second-order valence-corrected chi connectivity index (χ2v) is 7.48. The maximum atomic E-state index is 12.2. The number of carboxylic acid groups (broad SMARTS) is 1. The fourth-order valence-corrected chi connectivity index (χ4v) is 4.65. The highest BCUT2D eigenvalue weighted by Crippen LogP contribution is 2.26. The van der Waals surface area contributed by atoms with E-state index in [0.717, 1.165) is 24.2 Å². The molecule has 1 atom stereocenters. The molecule has 1 aliphatic rings. The molecule has 19 heavy (non-hydrogen) atoms. The maximum Gasteiger partial charge on any atom is 0.346 e. The van der Waals surface area contributed by atoms with Gasteiger partial charge in [-0.1, -0.05) is 12.2 Å². The molecule has 0 aliphatic heterocycles. The minimum atomic E-state index is -3.62. The number of aryl methyl sites for hydroxylation is 1. The van der Waals surface area contributed by atoms with Crippen LogP contribution < -0.4 is 4.72 Å². The molecule has 1 aromatic rings. The molecule has 2 rings (SSSR count). The van der Waals surface area contributed by atoms with E-state index in [2.05, 4.69) is 4.72 Å². The number of thiophene rings is 1. The highest BCUT2D eigenvalue weighted by molar-refractivity contribution is 7.91. The Bertz CT molecular complexity index is 616. The van der Waals surface area contributed by atoms with Gasteiger partial charge in [-0.3, -0.25) is 0 Å². The van der Waals surface area contributed by atoms with Gasteiger partial charge in [0.15, 0.2) is 0 Å². The quantitative estimate of drug-likeness (QED) is 0.835. The zero-order chi connectivity index (χ0) is 14.0. The average molecular weight is 301 g/mol. The summed E-state index contributed by atoms with van der Waals surface area (Å²) < 4.78 is 27.0. The highest BCUT2D eigenvalue weighted by atomic mass is 32.2. The van der Waals surface area contributed by atoms with E-state index in [0.29, 0.717) is 12.0 Å². The second-order valence-electron chi connectivity index (χ2n) is 4.49. The van der Waals surface area contributed by atoms with Crippen molar-refractivity contribution in [1.82, 2.24) is 4.72 Å². The van der Waals surface area contributed by atoms with Crippen LogP contribution in [0.2, 0.25) is 0 Å². The van der Waals surface area contributed by atoms with Gasteiger partial charge in [0.25, 0.3) is 0 Å². The third kappa shape index (κ3) is 3.23. The Morgan fingerprint density at radius 1 is 1.47 bits per heavy atom. The van der Waals surface area contributed by atoms with Gasteiger partial charge < -0.3 is 5.11 Å². The summed E-state index contributed by atoms with van der Waals surface area (Å²) >= 11 is 0.795. The van der Waals surface area contributed by atoms with E-state index >= 15 is 0 Å². The molecule has 0 aromatic carbocycles. The molecular formula is C12H15NO4S2. The van der Waals surface area contributed by atoms with Crippen LogP contribution in [0.1, 0.15) is 34.5 Å². The van der Waals surface area contributed by atoms with Crippen LogP contribution in [0.15, 0.2) is 22.4 Å². The third-order valence-corrected chi connectivity index (χ3v) is 6.16. The van der Waals surface area contributed by atoms with Crippen molar-refractivity contribution in [1.29, 1.82) is 0 Å². The van der Waals surface area contributed by atoms with Crippen molar-refractivity contribution < 1.29 is 18.3 Å². The predicted molar refractivity (Wildman–Crippen MR) is 73.1 cm³/mol. The maximum absolute atomic E-state index is 12.2. The number of rotatable bonds is 4. The average Bonchev–Trinajstić information content (AvgIpc) is 2.73. The predicted octanol–water partition coefficient (Wildman–Crippen LogP) is 2.14. The van der Waals surface area contributed by atoms with E-state index in [9.17, 15) is 13.2 Å². The van der Waals surface area contributed by atoms with E-state index in [1.807, 2.05) is 12.2 Å². The molecule has 0 amide bonds. The van der Waals surface area contributed by atoms with Crippen LogP contribution in [0.25, 0.3) is 0 Å². The minimum absolute atomic E-state index is 0.0666. The molecule has 0 spiro atoms. The molecule has 0 bridgehead atoms. The van der Waals surface area contributed by atoms with Crippen molar-refractivity contribution in [3.05, 3.63) is 28.7 Å². The lowest BCUT2D eigenvalue weighted by Gasteiger charge is -2.18. The van der Waals surface area contributed by atoms with Crippen LogP contribution in [0.3, 0.4) is 0 Å². The lowest BCUT2D eigenvalue weighted by molar-refractivity contribution is 0.0701. The van der Waals surface area contributed by atoms with E-state index < -0.39 is 16.0 Å². The summed E-state index contributed by atoms with van der Waals surface area (Å²) in [5.74, 6) is -1.09. The standard InChI is InChI=1S/C12H15NO4S2/c1-8-7-10(18-11(8)12(14)15)19(16,17)13-9-5-3-2-4-6-9/h2-3,7,9,13H,4-6H2,1H3,(H,14,15). The number of hydrogen-bond acceptors (Lipinski definition) is 4. The first-order valence-electron chi connectivity index (χ1n) is 5.91. The molecular weight excluding hydrogens is 286 g/mol. The monoisotopic (exact) mass is 301 g/mol. The number of aromatic carboxylic acids is 1. The Labute approximate surface area is 116 Å². The van der Waals surface area contributed by atoms with Crippen molar-refractivity contribution >= 4 is 27.3 Å². The Morgan fingerprint density at radius 2 is 2.21 bits per heavy atom. The van der Waals surface area contributed by atoms with Gasteiger partial charge in [-0.15, -0.1) is 11.3 Å². The molecule has 1 unspecified atom stereocenters. The van der Waals surface area contributed by atoms with Crippen LogP contribution in [0.4, 0.5) is 0 Å². The molecule has 1 aliphatic carbocycles. The molecule has 0 radical (unpaired) electrons. The molecule has 0 fully saturated rings. The molecule has 5 nitrogen and oxygen atoms in total. The highest BCUT2D eigenvalue weighted by Gasteiger charge is 2.24. The Kier molecular flexibility index (Phi) is 4.07. The first-order chi connectivity index (χ1) is 8.90. The van der Waals surface area contributed by atoms with Crippen LogP contribution in [0.5, 0.6) is 0 Å². The Balaban J connectivity index is 2.22. The number of sulfonamides is 1. The van der Waals surface area contributed by atoms with Crippen molar-refractivity contribution in [2.24, 2.45) is 0 Å². The number of allylic oxidation sites excluding steroid dienone is 1. The molecule has 0 saturated carbocycles. The topological polar surface area (TPSA) is 83.5 Å². The first-order valence-corrected chi connectivity index (χ1v) is 8.21. The Hall–Kier alpha value is -1.18. The van der Waals surface area contributed by atoms with Gasteiger partial charge >= 0.3 is 5.97 Å². The van der Waals surface area contributed by atoms with Crippen molar-refractivity contribution in [2.75, 3.05) is 0 Å². The number of carboxylic acids is 1. The first kappa shape index (κ1) is 14.2. The molecule has 104 valence electrons. The summed E-state index contributed by atoms with van der Waals surface area (Å²) in [4.78, 5) is 11.0. The van der Waals surface area contributed by atoms with E-state index in [1.54, 1.807) is 6.92 Å². The zero-order valence-electron chi connectivity index (χ0n) is 10.4. The van der Waals surface area contributed by atoms with E-state index in [-0.39, 0.29) is 15.1 Å². The van der Waals surface area contributed by atoms with E-state index in [4.69, 9.17) is 5.11 Å². The number of hydrogen-bond donors (Lipinski definition) is 2. The zero-order valence-corrected chi connectivity index (χ0v) is 12.1. The van der Waals surface area contributed by atoms with Gasteiger partial charge in [-0.25, -0.2) is 17.9 Å². The van der Waals surface area contributed by atoms with Crippen molar-refractivity contribution in [3.63, 3.8) is 0 Å². The second kappa shape index (κ2) is 5.44. The van der Waals surface area contributed by atoms with Crippen LogP contribution in [-0.4, -0.2) is 25.5 Å². The van der Waals surface area contributed by atoms with Crippen molar-refractivity contribution in [3.8, 4) is 0 Å². The lowest BCUT2D eigenvalue weighted by Crippen LogP contribution is -2.34. The summed E-state index contributed by atoms with van der Waals surface area (Å²) in [7, 11) is -3.62. The summed E-state index contributed by atoms with van der Waals surface area (Å²) in [5.41, 5.74) is 0.474. The van der Waals surface area contributed by atoms with E-state index in [1.165, 1.54) is 6.07 Å². The normalized spacial score (nSPS) is 19.5. The summed E-state index contributed by atoms with van der Waals surface area (Å²) in [5, 5.41) is 8.95. The number of carbonyl (C=O) groups is 1. The number of nitrogens with one attached hydrogen (secondary N) is 1. The van der Waals surface area contributed by atoms with Gasteiger partial charge in [0.05, 0.1) is 0 Å². The smallest absolute Gasteiger partial charge is 0.346 e. The van der Waals surface area contributed by atoms with Gasteiger partial charge in [0, 0.05) is 6.04 Å². The van der Waals surface area contributed by atoms with Gasteiger partial charge in [-0.2, -0.15) is 0 Å². The summed E-state index contributed by atoms with van der Waals surface area (Å²) in [6.45, 7) is 1.60. The molecule has 7 heteroatoms. The third-order valence-electron chi connectivity index (χ3n) is 2.95. The molecule has 1 aromatic heterocycles. The van der Waals surface area contributed by atoms with Crippen LogP contribution in [-0.2, 0) is 10.0 Å². The largest absolute Gasteiger partial charge is 0.477 e. The Morgan fingerprint density at radius 3 is 2.74 bits per heavy atom.